The maximum atomic E-state index is 10.9. The Balaban J connectivity index is 1.97. The molecule has 1 saturated carbocycles. The van der Waals surface area contributed by atoms with Crippen molar-refractivity contribution in [2.75, 3.05) is 5.32 Å². The maximum absolute atomic E-state index is 10.9. The van der Waals surface area contributed by atoms with Crippen molar-refractivity contribution in [2.45, 2.75) is 37.8 Å². The van der Waals surface area contributed by atoms with E-state index < -0.39 is 11.0 Å². The van der Waals surface area contributed by atoms with E-state index in [1.807, 2.05) is 0 Å². The van der Waals surface area contributed by atoms with Gasteiger partial charge >= 0.3 is 0 Å². The Morgan fingerprint density at radius 1 is 1.29 bits per heavy atom. The zero-order valence-corrected chi connectivity index (χ0v) is 11.4. The van der Waals surface area contributed by atoms with E-state index in [0.29, 0.717) is 16.7 Å². The molecule has 1 aliphatic carbocycles. The molecule has 2 N–H and O–H groups in total. The van der Waals surface area contributed by atoms with Crippen molar-refractivity contribution in [3.8, 4) is 0 Å². The fourth-order valence-electron chi connectivity index (χ4n) is 2.73. The molecule has 110 valence electrons. The summed E-state index contributed by atoms with van der Waals surface area (Å²) in [6.45, 7) is 0. The predicted octanol–water partition coefficient (Wildman–Crippen LogP) is 2.25. The molecular formula is C14H16N4O3. The Bertz CT molecular complexity index is 676. The van der Waals surface area contributed by atoms with Gasteiger partial charge in [-0.05, 0) is 18.9 Å². The number of nitro groups is 1. The van der Waals surface area contributed by atoms with Crippen molar-refractivity contribution in [3.05, 3.63) is 34.6 Å². The minimum absolute atomic E-state index is 0.00421. The number of fused-ring (bicyclic) bond motifs is 1. The fourth-order valence-corrected chi connectivity index (χ4v) is 2.73. The lowest BCUT2D eigenvalue weighted by molar-refractivity contribution is -0.384. The number of aliphatic hydroxyl groups excluding tert-OH is 1. The highest BCUT2D eigenvalue weighted by atomic mass is 16.6. The highest BCUT2D eigenvalue weighted by Gasteiger charge is 2.24. The third-order valence-electron chi connectivity index (χ3n) is 3.88. The van der Waals surface area contributed by atoms with Crippen molar-refractivity contribution >= 4 is 22.4 Å². The van der Waals surface area contributed by atoms with Crippen LogP contribution in [0.15, 0.2) is 24.5 Å². The number of hydrogen-bond donors (Lipinski definition) is 2. The van der Waals surface area contributed by atoms with Gasteiger partial charge in [0.1, 0.15) is 12.1 Å². The number of anilines is 1. The zero-order chi connectivity index (χ0) is 14.8. The van der Waals surface area contributed by atoms with E-state index in [4.69, 9.17) is 0 Å². The van der Waals surface area contributed by atoms with Crippen molar-refractivity contribution in [3.63, 3.8) is 0 Å². The second kappa shape index (κ2) is 5.61. The maximum Gasteiger partial charge on any atom is 0.270 e. The first-order valence-corrected chi connectivity index (χ1v) is 6.99. The van der Waals surface area contributed by atoms with Gasteiger partial charge in [0.15, 0.2) is 0 Å². The van der Waals surface area contributed by atoms with Gasteiger partial charge in [0, 0.05) is 17.5 Å². The van der Waals surface area contributed by atoms with Gasteiger partial charge in [0.2, 0.25) is 0 Å². The van der Waals surface area contributed by atoms with Crippen LogP contribution in [0.4, 0.5) is 11.5 Å². The Morgan fingerprint density at radius 3 is 2.86 bits per heavy atom. The second-order valence-electron chi connectivity index (χ2n) is 5.28. The molecule has 2 atom stereocenters. The van der Waals surface area contributed by atoms with E-state index in [1.165, 1.54) is 18.5 Å². The van der Waals surface area contributed by atoms with Gasteiger partial charge in [0.05, 0.1) is 22.6 Å². The van der Waals surface area contributed by atoms with Gasteiger partial charge in [-0.1, -0.05) is 12.8 Å². The lowest BCUT2D eigenvalue weighted by Gasteiger charge is -2.29. The first kappa shape index (κ1) is 13.7. The fraction of sp³-hybridized carbons (Fsp3) is 0.429. The van der Waals surface area contributed by atoms with Gasteiger partial charge in [0.25, 0.3) is 5.69 Å². The summed E-state index contributed by atoms with van der Waals surface area (Å²) in [6, 6.07) is 4.43. The van der Waals surface area contributed by atoms with Gasteiger partial charge in [-0.25, -0.2) is 9.97 Å². The molecule has 0 radical (unpaired) electrons. The third-order valence-corrected chi connectivity index (χ3v) is 3.88. The molecular weight excluding hydrogens is 272 g/mol. The van der Waals surface area contributed by atoms with Crippen LogP contribution in [0, 0.1) is 10.1 Å². The number of nitrogens with zero attached hydrogens (tertiary/aromatic N) is 3. The lowest BCUT2D eigenvalue weighted by atomic mass is 9.92. The number of benzene rings is 1. The summed E-state index contributed by atoms with van der Waals surface area (Å²) in [7, 11) is 0. The van der Waals surface area contributed by atoms with E-state index in [2.05, 4.69) is 15.3 Å². The van der Waals surface area contributed by atoms with E-state index in [9.17, 15) is 15.2 Å². The summed E-state index contributed by atoms with van der Waals surface area (Å²) in [4.78, 5) is 18.8. The van der Waals surface area contributed by atoms with Crippen molar-refractivity contribution in [1.29, 1.82) is 0 Å². The summed E-state index contributed by atoms with van der Waals surface area (Å²) in [5.41, 5.74) is 0.646. The van der Waals surface area contributed by atoms with Crippen molar-refractivity contribution < 1.29 is 10.0 Å². The van der Waals surface area contributed by atoms with Crippen LogP contribution in [0.25, 0.3) is 10.9 Å². The van der Waals surface area contributed by atoms with Crippen LogP contribution < -0.4 is 5.32 Å². The van der Waals surface area contributed by atoms with Crippen LogP contribution in [0.5, 0.6) is 0 Å². The number of nitrogens with one attached hydrogen (secondary N) is 1. The average Bonchev–Trinajstić information content (AvgIpc) is 2.49. The molecule has 0 spiro atoms. The normalized spacial score (nSPS) is 22.1. The molecule has 0 amide bonds. The molecule has 7 heteroatoms. The summed E-state index contributed by atoms with van der Waals surface area (Å²) in [5.74, 6) is 0.537. The zero-order valence-electron chi connectivity index (χ0n) is 11.4. The predicted molar refractivity (Wildman–Crippen MR) is 78.1 cm³/mol. The van der Waals surface area contributed by atoms with Crippen LogP contribution in [-0.2, 0) is 0 Å². The summed E-state index contributed by atoms with van der Waals surface area (Å²) < 4.78 is 0. The number of nitro benzene ring substituents is 1. The summed E-state index contributed by atoms with van der Waals surface area (Å²) in [6.07, 6.45) is 4.71. The average molecular weight is 288 g/mol. The molecule has 3 rings (SSSR count). The molecule has 0 aliphatic heterocycles. The number of rotatable bonds is 3. The first-order chi connectivity index (χ1) is 10.1. The Hall–Kier alpha value is -2.28. The van der Waals surface area contributed by atoms with Crippen LogP contribution >= 0.6 is 0 Å². The number of aromatic nitrogens is 2. The standard InChI is InChI=1S/C14H16N4O3/c19-13-4-2-1-3-12(13)17-14-10-7-9(18(20)21)5-6-11(10)15-8-16-14/h5-8,12-13,19H,1-4H2,(H,15,16,17). The summed E-state index contributed by atoms with van der Waals surface area (Å²) in [5, 5.41) is 24.8. The van der Waals surface area contributed by atoms with Gasteiger partial charge in [-0.3, -0.25) is 10.1 Å². The van der Waals surface area contributed by atoms with E-state index in [0.717, 1.165) is 25.7 Å². The molecule has 1 aromatic heterocycles. The number of non-ortho nitro benzene ring substituents is 1. The first-order valence-electron chi connectivity index (χ1n) is 6.99. The largest absolute Gasteiger partial charge is 0.391 e. The molecule has 21 heavy (non-hydrogen) atoms. The van der Waals surface area contributed by atoms with Gasteiger partial charge < -0.3 is 10.4 Å². The van der Waals surface area contributed by atoms with Crippen LogP contribution in [-0.4, -0.2) is 32.1 Å². The molecule has 1 heterocycles. The molecule has 2 aromatic rings. The lowest BCUT2D eigenvalue weighted by Crippen LogP contribution is -2.36. The van der Waals surface area contributed by atoms with E-state index in [1.54, 1.807) is 6.07 Å². The molecule has 1 aromatic carbocycles. The minimum atomic E-state index is -0.439. The smallest absolute Gasteiger partial charge is 0.270 e. The van der Waals surface area contributed by atoms with Crippen molar-refractivity contribution in [2.24, 2.45) is 0 Å². The second-order valence-corrected chi connectivity index (χ2v) is 5.28. The molecule has 1 aliphatic rings. The molecule has 7 nitrogen and oxygen atoms in total. The molecule has 2 unspecified atom stereocenters. The molecule has 0 saturated heterocycles. The van der Waals surface area contributed by atoms with Gasteiger partial charge in [-0.15, -0.1) is 0 Å². The number of aliphatic hydroxyl groups is 1. The highest BCUT2D eigenvalue weighted by molar-refractivity contribution is 5.90. The minimum Gasteiger partial charge on any atom is -0.391 e. The van der Waals surface area contributed by atoms with Crippen molar-refractivity contribution in [1.82, 2.24) is 9.97 Å². The third kappa shape index (κ3) is 2.78. The Labute approximate surface area is 121 Å². The van der Waals surface area contributed by atoms with Crippen LogP contribution in [0.1, 0.15) is 25.7 Å². The highest BCUT2D eigenvalue weighted by Crippen LogP contribution is 2.27. The Kier molecular flexibility index (Phi) is 3.66. The van der Waals surface area contributed by atoms with Crippen LogP contribution in [0.3, 0.4) is 0 Å². The summed E-state index contributed by atoms with van der Waals surface area (Å²) >= 11 is 0. The topological polar surface area (TPSA) is 101 Å². The number of hydrogen-bond acceptors (Lipinski definition) is 6. The van der Waals surface area contributed by atoms with Crippen LogP contribution in [0.2, 0.25) is 0 Å². The van der Waals surface area contributed by atoms with Gasteiger partial charge in [-0.2, -0.15) is 0 Å². The monoisotopic (exact) mass is 288 g/mol. The van der Waals surface area contributed by atoms with E-state index in [-0.39, 0.29) is 11.7 Å². The molecule has 0 bridgehead atoms. The SMILES string of the molecule is O=[N+]([O-])c1ccc2ncnc(NC3CCCCC3O)c2c1. The van der Waals surface area contributed by atoms with E-state index >= 15 is 0 Å². The quantitative estimate of drug-likeness (QED) is 0.663. The Morgan fingerprint density at radius 2 is 2.10 bits per heavy atom. The molecule has 1 fully saturated rings.